The van der Waals surface area contributed by atoms with Gasteiger partial charge in [0.05, 0.1) is 39.1 Å². The first-order valence-electron chi connectivity index (χ1n) is 6.75. The molecule has 1 saturated heterocycles. The van der Waals surface area contributed by atoms with E-state index in [9.17, 15) is 4.79 Å². The quantitative estimate of drug-likeness (QED) is 0.436. The van der Waals surface area contributed by atoms with Crippen molar-refractivity contribution < 1.29 is 14.3 Å². The molecule has 1 unspecified atom stereocenters. The van der Waals surface area contributed by atoms with E-state index in [0.717, 1.165) is 13.1 Å². The lowest BCUT2D eigenvalue weighted by Gasteiger charge is -2.31. The van der Waals surface area contributed by atoms with Crippen molar-refractivity contribution in [3.8, 4) is 0 Å². The molecule has 0 bridgehead atoms. The summed E-state index contributed by atoms with van der Waals surface area (Å²) in [4.78, 5) is 17.5. The number of nitrogens with zero attached hydrogens (tertiary/aromatic N) is 5. The number of aromatic nitrogens is 3. The number of aliphatic imine (C=N–C) groups is 1. The van der Waals surface area contributed by atoms with E-state index in [2.05, 4.69) is 20.0 Å². The summed E-state index contributed by atoms with van der Waals surface area (Å²) in [7, 11) is 1.30. The molecule has 1 aliphatic heterocycles. The molecule has 21 heavy (non-hydrogen) atoms. The summed E-state index contributed by atoms with van der Waals surface area (Å²) in [6.45, 7) is 5.10. The van der Waals surface area contributed by atoms with Crippen molar-refractivity contribution in [1.82, 2.24) is 19.9 Å². The van der Waals surface area contributed by atoms with Crippen molar-refractivity contribution in [3.05, 3.63) is 11.9 Å². The van der Waals surface area contributed by atoms with Crippen LogP contribution in [-0.2, 0) is 16.0 Å². The molecule has 2 heterocycles. The number of nitrogens with two attached hydrogens (primary N) is 1. The van der Waals surface area contributed by atoms with Crippen LogP contribution in [-0.4, -0.2) is 71.3 Å². The summed E-state index contributed by atoms with van der Waals surface area (Å²) in [5.74, 6) is -0.00924. The van der Waals surface area contributed by atoms with E-state index >= 15 is 0 Å². The minimum atomic E-state index is -0.508. The maximum Gasteiger partial charge on any atom is 0.360 e. The molecule has 0 amide bonds. The van der Waals surface area contributed by atoms with Crippen molar-refractivity contribution in [1.29, 1.82) is 0 Å². The Balaban J connectivity index is 1.83. The molecule has 1 aromatic rings. The largest absolute Gasteiger partial charge is 0.464 e. The lowest BCUT2D eigenvalue weighted by molar-refractivity contribution is 0.00529. The van der Waals surface area contributed by atoms with E-state index in [4.69, 9.17) is 10.5 Å². The maximum absolute atomic E-state index is 11.2. The van der Waals surface area contributed by atoms with E-state index in [-0.39, 0.29) is 11.8 Å². The van der Waals surface area contributed by atoms with Gasteiger partial charge in [-0.2, -0.15) is 0 Å². The SMILES string of the molecule is COC(=O)c1cn(CCN=C(N)N2CCOC(C)C2)nn1. The van der Waals surface area contributed by atoms with Crippen molar-refractivity contribution >= 4 is 11.9 Å². The number of guanidine groups is 1. The van der Waals surface area contributed by atoms with Gasteiger partial charge in [0.1, 0.15) is 0 Å². The van der Waals surface area contributed by atoms with Crippen molar-refractivity contribution in [2.75, 3.05) is 33.4 Å². The Morgan fingerprint density at radius 3 is 3.19 bits per heavy atom. The third kappa shape index (κ3) is 4.15. The molecular weight excluding hydrogens is 276 g/mol. The number of esters is 1. The van der Waals surface area contributed by atoms with Gasteiger partial charge in [-0.15, -0.1) is 5.10 Å². The monoisotopic (exact) mass is 296 g/mol. The molecular formula is C12H20N6O3. The van der Waals surface area contributed by atoms with Gasteiger partial charge in [0.15, 0.2) is 11.7 Å². The van der Waals surface area contributed by atoms with E-state index < -0.39 is 5.97 Å². The highest BCUT2D eigenvalue weighted by molar-refractivity contribution is 5.86. The zero-order chi connectivity index (χ0) is 15.2. The van der Waals surface area contributed by atoms with E-state index in [1.807, 2.05) is 11.8 Å². The number of hydrogen-bond donors (Lipinski definition) is 1. The third-order valence-corrected chi connectivity index (χ3v) is 3.10. The molecule has 1 fully saturated rings. The summed E-state index contributed by atoms with van der Waals surface area (Å²) >= 11 is 0. The number of ether oxygens (including phenoxy) is 2. The topological polar surface area (TPSA) is 108 Å². The van der Waals surface area contributed by atoms with Crippen LogP contribution in [0.2, 0.25) is 0 Å². The zero-order valence-electron chi connectivity index (χ0n) is 12.2. The summed E-state index contributed by atoms with van der Waals surface area (Å²) in [6, 6.07) is 0. The predicted molar refractivity (Wildman–Crippen MR) is 74.8 cm³/mol. The van der Waals surface area contributed by atoms with Crippen molar-refractivity contribution in [2.45, 2.75) is 19.6 Å². The fourth-order valence-corrected chi connectivity index (χ4v) is 2.00. The normalized spacial score (nSPS) is 19.6. The zero-order valence-corrected chi connectivity index (χ0v) is 12.2. The van der Waals surface area contributed by atoms with Gasteiger partial charge in [0, 0.05) is 13.1 Å². The van der Waals surface area contributed by atoms with Crippen molar-refractivity contribution in [2.24, 2.45) is 10.7 Å². The van der Waals surface area contributed by atoms with Crippen LogP contribution >= 0.6 is 0 Å². The van der Waals surface area contributed by atoms with Gasteiger partial charge in [0.25, 0.3) is 0 Å². The van der Waals surface area contributed by atoms with Crippen LogP contribution in [0.1, 0.15) is 17.4 Å². The first kappa shape index (κ1) is 15.2. The molecule has 0 aromatic carbocycles. The Labute approximate surface area is 122 Å². The molecule has 2 rings (SSSR count). The van der Waals surface area contributed by atoms with Gasteiger partial charge in [-0.05, 0) is 6.92 Å². The van der Waals surface area contributed by atoms with Gasteiger partial charge >= 0.3 is 5.97 Å². The van der Waals surface area contributed by atoms with Gasteiger partial charge in [0.2, 0.25) is 0 Å². The van der Waals surface area contributed by atoms with Gasteiger partial charge in [-0.3, -0.25) is 4.99 Å². The number of hydrogen-bond acceptors (Lipinski definition) is 6. The second kappa shape index (κ2) is 7.02. The van der Waals surface area contributed by atoms with E-state index in [1.54, 1.807) is 0 Å². The molecule has 0 radical (unpaired) electrons. The number of rotatable bonds is 4. The van der Waals surface area contributed by atoms with Crippen LogP contribution in [0.25, 0.3) is 0 Å². The van der Waals surface area contributed by atoms with Crippen LogP contribution in [0.5, 0.6) is 0 Å². The minimum Gasteiger partial charge on any atom is -0.464 e. The molecule has 116 valence electrons. The Morgan fingerprint density at radius 1 is 1.67 bits per heavy atom. The Kier molecular flexibility index (Phi) is 5.09. The second-order valence-electron chi connectivity index (χ2n) is 4.73. The standard InChI is InChI=1S/C12H20N6O3/c1-9-7-17(5-6-21-9)12(13)14-3-4-18-8-10(15-16-18)11(19)20-2/h8-9H,3-7H2,1-2H3,(H2,13,14). The highest BCUT2D eigenvalue weighted by Crippen LogP contribution is 2.03. The predicted octanol–water partition coefficient (Wildman–Crippen LogP) is -0.900. The second-order valence-corrected chi connectivity index (χ2v) is 4.73. The molecule has 9 heteroatoms. The van der Waals surface area contributed by atoms with Crippen LogP contribution in [0.3, 0.4) is 0 Å². The summed E-state index contributed by atoms with van der Waals surface area (Å²) in [6.07, 6.45) is 1.68. The molecule has 0 spiro atoms. The number of morpholine rings is 1. The van der Waals surface area contributed by atoms with E-state index in [1.165, 1.54) is 18.0 Å². The Hall–Kier alpha value is -2.16. The summed E-state index contributed by atoms with van der Waals surface area (Å²) in [5, 5.41) is 7.55. The number of carbonyl (C=O) groups excluding carboxylic acids is 1. The molecule has 1 aliphatic rings. The van der Waals surface area contributed by atoms with Crippen LogP contribution in [0.4, 0.5) is 0 Å². The molecule has 2 N–H and O–H groups in total. The third-order valence-electron chi connectivity index (χ3n) is 3.10. The van der Waals surface area contributed by atoms with Gasteiger partial charge in [-0.1, -0.05) is 5.21 Å². The molecule has 1 aromatic heterocycles. The average molecular weight is 296 g/mol. The van der Waals surface area contributed by atoms with Crippen LogP contribution in [0, 0.1) is 0 Å². The minimum absolute atomic E-state index is 0.158. The molecule has 9 nitrogen and oxygen atoms in total. The fraction of sp³-hybridized carbons (Fsp3) is 0.667. The number of carbonyl (C=O) groups is 1. The first-order valence-corrected chi connectivity index (χ1v) is 6.75. The van der Waals surface area contributed by atoms with Crippen LogP contribution < -0.4 is 5.73 Å². The first-order chi connectivity index (χ1) is 10.1. The summed E-state index contributed by atoms with van der Waals surface area (Å²) < 4.78 is 11.5. The average Bonchev–Trinajstić information content (AvgIpc) is 2.95. The molecule has 1 atom stereocenters. The van der Waals surface area contributed by atoms with E-state index in [0.29, 0.717) is 25.7 Å². The molecule has 0 aliphatic carbocycles. The molecule has 0 saturated carbocycles. The fourth-order valence-electron chi connectivity index (χ4n) is 2.00. The lowest BCUT2D eigenvalue weighted by Crippen LogP contribution is -2.48. The van der Waals surface area contributed by atoms with Crippen LogP contribution in [0.15, 0.2) is 11.2 Å². The van der Waals surface area contributed by atoms with Gasteiger partial charge in [-0.25, -0.2) is 9.48 Å². The summed E-state index contributed by atoms with van der Waals surface area (Å²) in [5.41, 5.74) is 6.13. The number of methoxy groups -OCH3 is 1. The van der Waals surface area contributed by atoms with Gasteiger partial charge < -0.3 is 20.1 Å². The lowest BCUT2D eigenvalue weighted by atomic mass is 10.3. The Morgan fingerprint density at radius 2 is 2.48 bits per heavy atom. The highest BCUT2D eigenvalue weighted by atomic mass is 16.5. The highest BCUT2D eigenvalue weighted by Gasteiger charge is 2.17. The smallest absolute Gasteiger partial charge is 0.360 e. The Bertz CT molecular complexity index is 515. The maximum atomic E-state index is 11.2. The van der Waals surface area contributed by atoms with Crippen molar-refractivity contribution in [3.63, 3.8) is 0 Å².